The Balaban J connectivity index is 1.74. The molecular formula is C17H24N4. The van der Waals surface area contributed by atoms with Gasteiger partial charge in [-0.25, -0.2) is 0 Å². The van der Waals surface area contributed by atoms with Gasteiger partial charge in [0.15, 0.2) is 0 Å². The Morgan fingerprint density at radius 3 is 2.81 bits per heavy atom. The average molecular weight is 284 g/mol. The summed E-state index contributed by atoms with van der Waals surface area (Å²) in [4.78, 5) is 6.95. The van der Waals surface area contributed by atoms with Gasteiger partial charge in [-0.2, -0.15) is 0 Å². The predicted molar refractivity (Wildman–Crippen MR) is 89.5 cm³/mol. The summed E-state index contributed by atoms with van der Waals surface area (Å²) in [5.41, 5.74) is 8.84. The van der Waals surface area contributed by atoms with Crippen molar-refractivity contribution < 1.29 is 0 Å². The fraction of sp³-hybridized carbons (Fsp3) is 0.471. The topological polar surface area (TPSA) is 54.2 Å². The van der Waals surface area contributed by atoms with Crippen LogP contribution in [0.15, 0.2) is 30.5 Å². The molecule has 1 aliphatic rings. The molecule has 0 amide bonds. The molecule has 1 atom stereocenters. The fourth-order valence-electron chi connectivity index (χ4n) is 3.09. The molecule has 1 unspecified atom stereocenters. The zero-order chi connectivity index (χ0) is 14.7. The summed E-state index contributed by atoms with van der Waals surface area (Å²) >= 11 is 0. The first kappa shape index (κ1) is 14.1. The summed E-state index contributed by atoms with van der Waals surface area (Å²) < 4.78 is 0. The highest BCUT2D eigenvalue weighted by atomic mass is 15.2. The Kier molecular flexibility index (Phi) is 4.25. The summed E-state index contributed by atoms with van der Waals surface area (Å²) in [5, 5.41) is 4.65. The lowest BCUT2D eigenvalue weighted by molar-refractivity contribution is 0.181. The first-order valence-corrected chi connectivity index (χ1v) is 7.87. The van der Waals surface area contributed by atoms with Gasteiger partial charge in [-0.15, -0.1) is 0 Å². The maximum atomic E-state index is 6.11. The number of nitrogens with two attached hydrogens (primary N) is 1. The highest BCUT2D eigenvalue weighted by molar-refractivity contribution is 5.96. The summed E-state index contributed by atoms with van der Waals surface area (Å²) in [5.74, 6) is 0. The Morgan fingerprint density at radius 1 is 1.24 bits per heavy atom. The molecule has 21 heavy (non-hydrogen) atoms. The van der Waals surface area contributed by atoms with Crippen LogP contribution in [0.2, 0.25) is 0 Å². The molecule has 3 rings (SSSR count). The third-order valence-electron chi connectivity index (χ3n) is 4.39. The number of hydrogen-bond acceptors (Lipinski definition) is 4. The Hall–Kier alpha value is -1.81. The molecule has 1 aromatic heterocycles. The van der Waals surface area contributed by atoms with E-state index >= 15 is 0 Å². The minimum absolute atomic E-state index is 0.525. The molecule has 0 bridgehead atoms. The number of para-hydroxylation sites is 1. The van der Waals surface area contributed by atoms with E-state index in [2.05, 4.69) is 28.2 Å². The number of anilines is 2. The van der Waals surface area contributed by atoms with Crippen molar-refractivity contribution in [2.24, 2.45) is 0 Å². The van der Waals surface area contributed by atoms with Crippen molar-refractivity contribution in [1.82, 2.24) is 9.88 Å². The first-order valence-electron chi connectivity index (χ1n) is 7.87. The van der Waals surface area contributed by atoms with Gasteiger partial charge < -0.3 is 11.1 Å². The van der Waals surface area contributed by atoms with Crippen LogP contribution in [-0.4, -0.2) is 35.6 Å². The number of nitrogens with zero attached hydrogens (tertiary/aromatic N) is 2. The van der Waals surface area contributed by atoms with Crippen LogP contribution in [-0.2, 0) is 0 Å². The predicted octanol–water partition coefficient (Wildman–Crippen LogP) is 3.10. The van der Waals surface area contributed by atoms with Gasteiger partial charge in [0, 0.05) is 18.0 Å². The average Bonchev–Trinajstić information content (AvgIpc) is 2.54. The van der Waals surface area contributed by atoms with Gasteiger partial charge in [0.1, 0.15) is 0 Å². The first-order chi connectivity index (χ1) is 10.3. The Bertz CT molecular complexity index is 605. The van der Waals surface area contributed by atoms with Crippen molar-refractivity contribution in [3.63, 3.8) is 0 Å². The second-order valence-corrected chi connectivity index (χ2v) is 5.93. The molecule has 2 heterocycles. The number of rotatable bonds is 4. The van der Waals surface area contributed by atoms with Crippen LogP contribution in [0.4, 0.5) is 11.4 Å². The van der Waals surface area contributed by atoms with E-state index in [9.17, 15) is 0 Å². The molecule has 1 aliphatic heterocycles. The Morgan fingerprint density at radius 2 is 2.00 bits per heavy atom. The van der Waals surface area contributed by atoms with Crippen molar-refractivity contribution in [2.75, 3.05) is 30.7 Å². The number of piperidine rings is 1. The standard InChI is InChI=1S/C17H24N4/c1-13(21-9-5-2-6-10-21)11-20-17-14-7-3-4-8-16(14)19-12-15(17)18/h3-4,7-8,12-13H,2,5-6,9-11,18H2,1H3,(H,19,20). The van der Waals surface area contributed by atoms with E-state index in [4.69, 9.17) is 5.73 Å². The van der Waals surface area contributed by atoms with E-state index in [1.54, 1.807) is 6.20 Å². The molecule has 1 aromatic carbocycles. The SMILES string of the molecule is CC(CNc1c(N)cnc2ccccc12)N1CCCCC1. The maximum Gasteiger partial charge on any atom is 0.0743 e. The van der Waals surface area contributed by atoms with Gasteiger partial charge >= 0.3 is 0 Å². The molecule has 1 fully saturated rings. The number of nitrogens with one attached hydrogen (secondary N) is 1. The van der Waals surface area contributed by atoms with E-state index in [1.165, 1.54) is 32.4 Å². The fourth-order valence-corrected chi connectivity index (χ4v) is 3.09. The van der Waals surface area contributed by atoms with Crippen LogP contribution < -0.4 is 11.1 Å². The van der Waals surface area contributed by atoms with Gasteiger partial charge in [0.05, 0.1) is 23.1 Å². The van der Waals surface area contributed by atoms with E-state index in [0.29, 0.717) is 6.04 Å². The summed E-state index contributed by atoms with van der Waals surface area (Å²) in [6.07, 6.45) is 5.77. The molecule has 112 valence electrons. The number of benzene rings is 1. The van der Waals surface area contributed by atoms with Crippen LogP contribution in [0, 0.1) is 0 Å². The number of pyridine rings is 1. The van der Waals surface area contributed by atoms with Crippen LogP contribution >= 0.6 is 0 Å². The van der Waals surface area contributed by atoms with E-state index in [0.717, 1.165) is 28.8 Å². The second-order valence-electron chi connectivity index (χ2n) is 5.93. The van der Waals surface area contributed by atoms with Crippen LogP contribution in [0.3, 0.4) is 0 Å². The molecule has 2 aromatic rings. The van der Waals surface area contributed by atoms with Crippen molar-refractivity contribution >= 4 is 22.3 Å². The smallest absolute Gasteiger partial charge is 0.0743 e. The molecule has 1 saturated heterocycles. The summed E-state index contributed by atoms with van der Waals surface area (Å²) in [6.45, 7) is 5.64. The molecule has 0 saturated carbocycles. The van der Waals surface area contributed by atoms with Crippen LogP contribution in [0.25, 0.3) is 10.9 Å². The van der Waals surface area contributed by atoms with Gasteiger partial charge in [0.2, 0.25) is 0 Å². The largest absolute Gasteiger partial charge is 0.396 e. The molecule has 4 heteroatoms. The van der Waals surface area contributed by atoms with Crippen molar-refractivity contribution in [3.05, 3.63) is 30.5 Å². The van der Waals surface area contributed by atoms with Gasteiger partial charge in [-0.3, -0.25) is 9.88 Å². The second kappa shape index (κ2) is 6.31. The monoisotopic (exact) mass is 284 g/mol. The zero-order valence-corrected chi connectivity index (χ0v) is 12.7. The van der Waals surface area contributed by atoms with Crippen LogP contribution in [0.5, 0.6) is 0 Å². The number of aromatic nitrogens is 1. The third kappa shape index (κ3) is 3.10. The van der Waals surface area contributed by atoms with Crippen molar-refractivity contribution in [1.29, 1.82) is 0 Å². The molecule has 0 aliphatic carbocycles. The highest BCUT2D eigenvalue weighted by Gasteiger charge is 2.17. The number of nitrogen functional groups attached to an aromatic ring is 1. The van der Waals surface area contributed by atoms with Gasteiger partial charge in [-0.1, -0.05) is 24.6 Å². The quantitative estimate of drug-likeness (QED) is 0.906. The molecule has 3 N–H and O–H groups in total. The van der Waals surface area contributed by atoms with E-state index in [-0.39, 0.29) is 0 Å². The lowest BCUT2D eigenvalue weighted by Gasteiger charge is -2.32. The van der Waals surface area contributed by atoms with Crippen LogP contribution in [0.1, 0.15) is 26.2 Å². The minimum atomic E-state index is 0.525. The lowest BCUT2D eigenvalue weighted by atomic mass is 10.1. The highest BCUT2D eigenvalue weighted by Crippen LogP contribution is 2.27. The van der Waals surface area contributed by atoms with E-state index in [1.807, 2.05) is 18.2 Å². The summed E-state index contributed by atoms with van der Waals surface area (Å²) in [7, 11) is 0. The Labute approximate surface area is 126 Å². The number of likely N-dealkylation sites (tertiary alicyclic amines) is 1. The minimum Gasteiger partial charge on any atom is -0.396 e. The molecular weight excluding hydrogens is 260 g/mol. The van der Waals surface area contributed by atoms with Gasteiger partial charge in [-0.05, 0) is 38.9 Å². The van der Waals surface area contributed by atoms with E-state index < -0.39 is 0 Å². The van der Waals surface area contributed by atoms with Gasteiger partial charge in [0.25, 0.3) is 0 Å². The normalized spacial score (nSPS) is 17.8. The molecule has 0 spiro atoms. The maximum absolute atomic E-state index is 6.11. The zero-order valence-electron chi connectivity index (χ0n) is 12.7. The van der Waals surface area contributed by atoms with Crippen molar-refractivity contribution in [3.8, 4) is 0 Å². The molecule has 0 radical (unpaired) electrons. The summed E-state index contributed by atoms with van der Waals surface area (Å²) in [6, 6.07) is 8.66. The third-order valence-corrected chi connectivity index (χ3v) is 4.39. The number of fused-ring (bicyclic) bond motifs is 1. The lowest BCUT2D eigenvalue weighted by Crippen LogP contribution is -2.41. The van der Waals surface area contributed by atoms with Crippen molar-refractivity contribution in [2.45, 2.75) is 32.2 Å². The number of hydrogen-bond donors (Lipinski definition) is 2. The molecule has 4 nitrogen and oxygen atoms in total.